The highest BCUT2D eigenvalue weighted by Crippen LogP contribution is 2.30. The van der Waals surface area contributed by atoms with E-state index < -0.39 is 0 Å². The van der Waals surface area contributed by atoms with E-state index in [1.807, 2.05) is 12.1 Å². The van der Waals surface area contributed by atoms with Crippen LogP contribution in [-0.4, -0.2) is 23.4 Å². The van der Waals surface area contributed by atoms with Gasteiger partial charge in [0.25, 0.3) is 0 Å². The Hall–Kier alpha value is -1.49. The fourth-order valence-corrected chi connectivity index (χ4v) is 3.66. The van der Waals surface area contributed by atoms with Gasteiger partial charge in [0.05, 0.1) is 35.1 Å². The number of rotatable bonds is 6. The van der Waals surface area contributed by atoms with Gasteiger partial charge in [-0.15, -0.1) is 0 Å². The van der Waals surface area contributed by atoms with Crippen molar-refractivity contribution < 1.29 is 9.21 Å². The van der Waals surface area contributed by atoms with Crippen LogP contribution in [0.5, 0.6) is 0 Å². The molecule has 0 aliphatic heterocycles. The predicted octanol–water partition coefficient (Wildman–Crippen LogP) is 4.97. The first-order chi connectivity index (χ1) is 11.6. The second-order valence-electron chi connectivity index (χ2n) is 6.07. The number of carbonyl (C=O) groups excluding carboxylic acids is 1. The van der Waals surface area contributed by atoms with Gasteiger partial charge in [0, 0.05) is 6.04 Å². The molecule has 0 unspecified atom stereocenters. The number of para-hydroxylation sites is 1. The van der Waals surface area contributed by atoms with Crippen LogP contribution in [0, 0.1) is 0 Å². The Labute approximate surface area is 151 Å². The second-order valence-corrected chi connectivity index (χ2v) is 6.88. The third-order valence-electron chi connectivity index (χ3n) is 4.35. The largest absolute Gasteiger partial charge is 0.468 e. The highest BCUT2D eigenvalue weighted by molar-refractivity contribution is 6.39. The molecule has 1 aliphatic rings. The number of carbonyl (C=O) groups is 1. The van der Waals surface area contributed by atoms with E-state index in [2.05, 4.69) is 10.2 Å². The van der Waals surface area contributed by atoms with E-state index in [1.165, 1.54) is 12.8 Å². The Morgan fingerprint density at radius 1 is 1.17 bits per heavy atom. The second kappa shape index (κ2) is 8.06. The van der Waals surface area contributed by atoms with E-state index in [-0.39, 0.29) is 12.5 Å². The van der Waals surface area contributed by atoms with Crippen LogP contribution in [0.4, 0.5) is 5.69 Å². The van der Waals surface area contributed by atoms with Crippen molar-refractivity contribution in [1.82, 2.24) is 4.90 Å². The molecule has 1 saturated carbocycles. The van der Waals surface area contributed by atoms with Crippen LogP contribution >= 0.6 is 23.2 Å². The number of amides is 1. The zero-order valence-electron chi connectivity index (χ0n) is 13.3. The Morgan fingerprint density at radius 3 is 2.50 bits per heavy atom. The van der Waals surface area contributed by atoms with Crippen LogP contribution in [0.1, 0.15) is 31.4 Å². The first kappa shape index (κ1) is 17.3. The number of anilines is 1. The molecule has 0 bridgehead atoms. The molecule has 3 rings (SSSR count). The van der Waals surface area contributed by atoms with Gasteiger partial charge >= 0.3 is 0 Å². The highest BCUT2D eigenvalue weighted by atomic mass is 35.5. The molecule has 6 heteroatoms. The fraction of sp³-hybridized carbons (Fsp3) is 0.389. The van der Waals surface area contributed by atoms with Gasteiger partial charge in [-0.05, 0) is 37.1 Å². The van der Waals surface area contributed by atoms with Gasteiger partial charge in [0.1, 0.15) is 5.76 Å². The smallest absolute Gasteiger partial charge is 0.238 e. The van der Waals surface area contributed by atoms with E-state index in [0.717, 1.165) is 18.6 Å². The summed E-state index contributed by atoms with van der Waals surface area (Å²) in [5.41, 5.74) is 0.468. The summed E-state index contributed by atoms with van der Waals surface area (Å²) in [5, 5.41) is 3.72. The highest BCUT2D eigenvalue weighted by Gasteiger charge is 2.25. The minimum Gasteiger partial charge on any atom is -0.468 e. The molecule has 0 radical (unpaired) electrons. The van der Waals surface area contributed by atoms with Crippen LogP contribution < -0.4 is 5.32 Å². The molecule has 128 valence electrons. The lowest BCUT2D eigenvalue weighted by molar-refractivity contribution is -0.118. The number of benzene rings is 1. The lowest BCUT2D eigenvalue weighted by atomic mass is 10.2. The third-order valence-corrected chi connectivity index (χ3v) is 4.98. The minimum absolute atomic E-state index is 0.122. The summed E-state index contributed by atoms with van der Waals surface area (Å²) in [5.74, 6) is 0.744. The summed E-state index contributed by atoms with van der Waals surface area (Å²) in [4.78, 5) is 14.7. The number of hydrogen-bond donors (Lipinski definition) is 1. The normalized spacial score (nSPS) is 15.1. The molecule has 1 aromatic heterocycles. The fourth-order valence-electron chi connectivity index (χ4n) is 3.17. The summed E-state index contributed by atoms with van der Waals surface area (Å²) in [6, 6.07) is 9.38. The Kier molecular flexibility index (Phi) is 5.82. The van der Waals surface area contributed by atoms with E-state index in [0.29, 0.717) is 28.3 Å². The third kappa shape index (κ3) is 4.32. The first-order valence-electron chi connectivity index (χ1n) is 8.14. The van der Waals surface area contributed by atoms with E-state index >= 15 is 0 Å². The molecule has 4 nitrogen and oxygen atoms in total. The van der Waals surface area contributed by atoms with Crippen molar-refractivity contribution in [1.29, 1.82) is 0 Å². The molecule has 1 heterocycles. The average Bonchev–Trinajstić information content (AvgIpc) is 3.23. The van der Waals surface area contributed by atoms with E-state index in [4.69, 9.17) is 27.6 Å². The van der Waals surface area contributed by atoms with Crippen molar-refractivity contribution in [3.63, 3.8) is 0 Å². The predicted molar refractivity (Wildman–Crippen MR) is 96.5 cm³/mol. The minimum atomic E-state index is -0.122. The monoisotopic (exact) mass is 366 g/mol. The van der Waals surface area contributed by atoms with Gasteiger partial charge < -0.3 is 9.73 Å². The molecular formula is C18H20Cl2N2O2. The van der Waals surface area contributed by atoms with Crippen molar-refractivity contribution in [2.24, 2.45) is 0 Å². The summed E-state index contributed by atoms with van der Waals surface area (Å²) >= 11 is 12.2. The molecule has 1 aromatic carbocycles. The molecule has 2 aromatic rings. The number of furan rings is 1. The Morgan fingerprint density at radius 2 is 1.88 bits per heavy atom. The van der Waals surface area contributed by atoms with Gasteiger partial charge in [-0.2, -0.15) is 0 Å². The Bertz CT molecular complexity index is 662. The standard InChI is InChI=1S/C18H20Cl2N2O2/c19-15-8-3-9-16(20)18(15)21-17(23)12-22(13-5-1-2-6-13)11-14-7-4-10-24-14/h3-4,7-10,13H,1-2,5-6,11-12H2,(H,21,23). The lowest BCUT2D eigenvalue weighted by Crippen LogP contribution is -2.39. The molecule has 1 fully saturated rings. The van der Waals surface area contributed by atoms with Crippen LogP contribution in [0.3, 0.4) is 0 Å². The zero-order chi connectivity index (χ0) is 16.9. The maximum Gasteiger partial charge on any atom is 0.238 e. The van der Waals surface area contributed by atoms with Crippen molar-refractivity contribution in [3.8, 4) is 0 Å². The first-order valence-corrected chi connectivity index (χ1v) is 8.89. The average molecular weight is 367 g/mol. The van der Waals surface area contributed by atoms with Gasteiger partial charge in [-0.1, -0.05) is 42.1 Å². The quantitative estimate of drug-likeness (QED) is 0.784. The van der Waals surface area contributed by atoms with Crippen LogP contribution in [0.2, 0.25) is 10.0 Å². The molecular weight excluding hydrogens is 347 g/mol. The number of halogens is 2. The molecule has 1 aliphatic carbocycles. The number of hydrogen-bond acceptors (Lipinski definition) is 3. The summed E-state index contributed by atoms with van der Waals surface area (Å²) in [7, 11) is 0. The van der Waals surface area contributed by atoms with Crippen molar-refractivity contribution in [2.75, 3.05) is 11.9 Å². The van der Waals surface area contributed by atoms with E-state index in [9.17, 15) is 4.79 Å². The SMILES string of the molecule is O=C(CN(Cc1ccco1)C1CCCC1)Nc1c(Cl)cccc1Cl. The molecule has 24 heavy (non-hydrogen) atoms. The molecule has 1 N–H and O–H groups in total. The number of nitrogens with zero attached hydrogens (tertiary/aromatic N) is 1. The van der Waals surface area contributed by atoms with Gasteiger partial charge in [0.2, 0.25) is 5.91 Å². The Balaban J connectivity index is 1.68. The zero-order valence-corrected chi connectivity index (χ0v) is 14.8. The van der Waals surface area contributed by atoms with E-state index in [1.54, 1.807) is 24.5 Å². The molecule has 0 saturated heterocycles. The van der Waals surface area contributed by atoms with Crippen molar-refractivity contribution in [2.45, 2.75) is 38.3 Å². The molecule has 0 atom stereocenters. The lowest BCUT2D eigenvalue weighted by Gasteiger charge is -2.27. The van der Waals surface area contributed by atoms with Crippen molar-refractivity contribution >= 4 is 34.8 Å². The van der Waals surface area contributed by atoms with Crippen LogP contribution in [-0.2, 0) is 11.3 Å². The van der Waals surface area contributed by atoms with Crippen LogP contribution in [0.25, 0.3) is 0 Å². The summed E-state index contributed by atoms with van der Waals surface area (Å²) in [6.07, 6.45) is 6.29. The molecule has 1 amide bonds. The van der Waals surface area contributed by atoms with Crippen molar-refractivity contribution in [3.05, 3.63) is 52.4 Å². The summed E-state index contributed by atoms with van der Waals surface area (Å²) in [6.45, 7) is 0.911. The number of nitrogens with one attached hydrogen (secondary N) is 1. The maximum absolute atomic E-state index is 12.5. The van der Waals surface area contributed by atoms with Crippen LogP contribution in [0.15, 0.2) is 41.0 Å². The topological polar surface area (TPSA) is 45.5 Å². The van der Waals surface area contributed by atoms with Gasteiger partial charge in [-0.3, -0.25) is 9.69 Å². The molecule has 0 spiro atoms. The maximum atomic E-state index is 12.5. The van der Waals surface area contributed by atoms with Gasteiger partial charge in [0.15, 0.2) is 0 Å². The summed E-state index contributed by atoms with van der Waals surface area (Å²) < 4.78 is 5.45. The van der Waals surface area contributed by atoms with Gasteiger partial charge in [-0.25, -0.2) is 0 Å².